The zero-order chi connectivity index (χ0) is 18.6. The number of nitrogens with zero attached hydrogens (tertiary/aromatic N) is 3. The van der Waals surface area contributed by atoms with Crippen molar-refractivity contribution in [1.29, 1.82) is 0 Å². The van der Waals surface area contributed by atoms with Gasteiger partial charge in [-0.05, 0) is 51.8 Å². The second-order valence-electron chi connectivity index (χ2n) is 6.26. The van der Waals surface area contributed by atoms with Crippen LogP contribution in [0.2, 0.25) is 0 Å². The van der Waals surface area contributed by atoms with Crippen LogP contribution < -0.4 is 10.5 Å². The molecule has 8 heteroatoms. The van der Waals surface area contributed by atoms with Gasteiger partial charge in [0, 0.05) is 39.3 Å². The molecule has 0 aliphatic carbocycles. The molecule has 1 unspecified atom stereocenters. The normalized spacial score (nSPS) is 20.0. The van der Waals surface area contributed by atoms with Crippen LogP contribution in [0.3, 0.4) is 0 Å². The molecule has 27 heavy (non-hydrogen) atoms. The first-order valence-electron chi connectivity index (χ1n) is 8.14. The first-order chi connectivity index (χ1) is 13.1. The Bertz CT molecular complexity index is 1120. The van der Waals surface area contributed by atoms with Crippen LogP contribution in [-0.4, -0.2) is 20.9 Å². The van der Waals surface area contributed by atoms with Crippen LogP contribution in [0, 0.1) is 5.95 Å². The highest BCUT2D eigenvalue weighted by Crippen LogP contribution is 2.53. The van der Waals surface area contributed by atoms with E-state index in [2.05, 4.69) is 25.9 Å². The number of aromatic nitrogens is 2. The Morgan fingerprint density at radius 3 is 2.85 bits per heavy atom. The summed E-state index contributed by atoms with van der Waals surface area (Å²) in [5.74, 6) is 1.26. The summed E-state index contributed by atoms with van der Waals surface area (Å²) in [4.78, 5) is 12.9. The van der Waals surface area contributed by atoms with Crippen molar-refractivity contribution >= 4 is 32.9 Å². The molecule has 4 heterocycles. The maximum atomic E-state index is 14.2. The van der Waals surface area contributed by atoms with Crippen molar-refractivity contribution in [2.45, 2.75) is 5.54 Å². The summed E-state index contributed by atoms with van der Waals surface area (Å²) in [5, 5.41) is 0.506. The standard InChI is InChI=1S/C19H12BrFN4OS/c20-11-7-14-17(24-8-11)26-15-4-3-10(12-2-1-5-23-16(12)21)6-13(15)19(14)9-27-18(22)25-19/h1-8H,9H2,(H2,22,25). The van der Waals surface area contributed by atoms with Crippen LogP contribution in [0.4, 0.5) is 4.39 Å². The number of benzene rings is 1. The molecule has 1 atom stereocenters. The first kappa shape index (κ1) is 16.7. The molecule has 2 aliphatic rings. The molecule has 5 nitrogen and oxygen atoms in total. The number of rotatable bonds is 1. The van der Waals surface area contributed by atoms with Crippen molar-refractivity contribution in [1.82, 2.24) is 9.97 Å². The van der Waals surface area contributed by atoms with Crippen LogP contribution >= 0.6 is 27.7 Å². The van der Waals surface area contributed by atoms with Crippen LogP contribution in [0.5, 0.6) is 11.6 Å². The maximum absolute atomic E-state index is 14.2. The lowest BCUT2D eigenvalue weighted by Crippen LogP contribution is -2.30. The number of hydrogen-bond acceptors (Lipinski definition) is 6. The zero-order valence-electron chi connectivity index (χ0n) is 13.8. The summed E-state index contributed by atoms with van der Waals surface area (Å²) in [5.41, 5.74) is 8.12. The number of fused-ring (bicyclic) bond motifs is 4. The average molecular weight is 443 g/mol. The molecule has 1 aromatic carbocycles. The van der Waals surface area contributed by atoms with Gasteiger partial charge in [0.1, 0.15) is 11.3 Å². The minimum absolute atomic E-state index is 0.427. The van der Waals surface area contributed by atoms with Gasteiger partial charge in [0.2, 0.25) is 11.8 Å². The van der Waals surface area contributed by atoms with E-state index in [1.807, 2.05) is 24.3 Å². The summed E-state index contributed by atoms with van der Waals surface area (Å²) in [6.45, 7) is 0. The summed E-state index contributed by atoms with van der Waals surface area (Å²) >= 11 is 4.96. The molecular weight excluding hydrogens is 431 g/mol. The number of nitrogens with two attached hydrogens (primary N) is 1. The Balaban J connectivity index is 1.76. The van der Waals surface area contributed by atoms with Crippen molar-refractivity contribution in [2.24, 2.45) is 10.7 Å². The van der Waals surface area contributed by atoms with Gasteiger partial charge in [-0.1, -0.05) is 17.8 Å². The molecule has 3 aromatic rings. The predicted molar refractivity (Wildman–Crippen MR) is 107 cm³/mol. The maximum Gasteiger partial charge on any atom is 0.225 e. The van der Waals surface area contributed by atoms with Gasteiger partial charge in [-0.2, -0.15) is 4.39 Å². The summed E-state index contributed by atoms with van der Waals surface area (Å²) < 4.78 is 21.1. The lowest BCUT2D eigenvalue weighted by Gasteiger charge is -2.34. The van der Waals surface area contributed by atoms with Crippen LogP contribution in [0.25, 0.3) is 11.1 Å². The number of halogens is 2. The van der Waals surface area contributed by atoms with Crippen molar-refractivity contribution in [3.05, 3.63) is 70.3 Å². The number of pyridine rings is 2. The zero-order valence-corrected chi connectivity index (χ0v) is 16.2. The molecule has 0 saturated carbocycles. The Hall–Kier alpha value is -2.45. The molecule has 0 saturated heterocycles. The highest BCUT2D eigenvalue weighted by atomic mass is 79.9. The van der Waals surface area contributed by atoms with Crippen LogP contribution in [0.15, 0.2) is 58.3 Å². The molecule has 0 fully saturated rings. The molecule has 0 amide bonds. The Morgan fingerprint density at radius 2 is 2.07 bits per heavy atom. The van der Waals surface area contributed by atoms with E-state index in [-0.39, 0.29) is 0 Å². The van der Waals surface area contributed by atoms with Gasteiger partial charge >= 0.3 is 0 Å². The molecule has 1 spiro atoms. The van der Waals surface area contributed by atoms with Crippen molar-refractivity contribution in [3.8, 4) is 22.8 Å². The number of thioether (sulfide) groups is 1. The minimum Gasteiger partial charge on any atom is -0.438 e. The average Bonchev–Trinajstić information content (AvgIpc) is 3.06. The fraction of sp³-hybridized carbons (Fsp3) is 0.105. The molecular formula is C19H12BrFN4OS. The van der Waals surface area contributed by atoms with E-state index in [9.17, 15) is 4.39 Å². The lowest BCUT2D eigenvalue weighted by molar-refractivity contribution is 0.399. The third-order valence-electron chi connectivity index (χ3n) is 4.70. The van der Waals surface area contributed by atoms with Gasteiger partial charge in [0.25, 0.3) is 0 Å². The lowest BCUT2D eigenvalue weighted by atomic mass is 9.82. The smallest absolute Gasteiger partial charge is 0.225 e. The Morgan fingerprint density at radius 1 is 1.19 bits per heavy atom. The number of ether oxygens (including phenoxy) is 1. The molecule has 2 N–H and O–H groups in total. The predicted octanol–water partition coefficient (Wildman–Crippen LogP) is 4.46. The van der Waals surface area contributed by atoms with Gasteiger partial charge < -0.3 is 10.5 Å². The third-order valence-corrected chi connectivity index (χ3v) is 6.08. The van der Waals surface area contributed by atoms with Crippen molar-refractivity contribution in [2.75, 3.05) is 5.75 Å². The fourth-order valence-electron chi connectivity index (χ4n) is 3.47. The fourth-order valence-corrected chi connectivity index (χ4v) is 4.76. The highest BCUT2D eigenvalue weighted by Gasteiger charge is 2.46. The minimum atomic E-state index is -0.719. The van der Waals surface area contributed by atoms with Gasteiger partial charge in [0.05, 0.1) is 0 Å². The summed E-state index contributed by atoms with van der Waals surface area (Å²) in [6, 6.07) is 10.9. The molecule has 2 aliphatic heterocycles. The molecule has 0 radical (unpaired) electrons. The molecule has 2 aromatic heterocycles. The van der Waals surface area contributed by atoms with E-state index < -0.39 is 11.5 Å². The quantitative estimate of drug-likeness (QED) is 0.563. The first-order valence-corrected chi connectivity index (χ1v) is 9.92. The topological polar surface area (TPSA) is 73.4 Å². The third kappa shape index (κ3) is 2.55. The second-order valence-corrected chi connectivity index (χ2v) is 8.17. The van der Waals surface area contributed by atoms with E-state index in [1.165, 1.54) is 18.0 Å². The largest absolute Gasteiger partial charge is 0.438 e. The molecule has 5 rings (SSSR count). The van der Waals surface area contributed by atoms with E-state index >= 15 is 0 Å². The van der Waals surface area contributed by atoms with Crippen LogP contribution in [-0.2, 0) is 5.54 Å². The van der Waals surface area contributed by atoms with E-state index in [1.54, 1.807) is 18.3 Å². The van der Waals surface area contributed by atoms with Gasteiger partial charge in [-0.15, -0.1) is 0 Å². The monoisotopic (exact) mass is 442 g/mol. The van der Waals surface area contributed by atoms with Crippen molar-refractivity contribution in [3.63, 3.8) is 0 Å². The van der Waals surface area contributed by atoms with E-state index in [4.69, 9.17) is 15.5 Å². The molecule has 0 bridgehead atoms. The Labute approximate surface area is 167 Å². The SMILES string of the molecule is NC1=NC2(CS1)c1cc(-c3cccnc3F)ccc1Oc1ncc(Br)cc12. The second kappa shape index (κ2) is 6.03. The summed E-state index contributed by atoms with van der Waals surface area (Å²) in [6.07, 6.45) is 3.12. The van der Waals surface area contributed by atoms with E-state index in [0.717, 1.165) is 15.6 Å². The van der Waals surface area contributed by atoms with Gasteiger partial charge in [-0.25, -0.2) is 15.0 Å². The number of hydrogen-bond donors (Lipinski definition) is 1. The highest BCUT2D eigenvalue weighted by molar-refractivity contribution is 9.10. The Kier molecular flexibility index (Phi) is 3.73. The number of amidine groups is 1. The molecule has 134 valence electrons. The number of aliphatic imine (C=N–C) groups is 1. The van der Waals surface area contributed by atoms with Crippen molar-refractivity contribution < 1.29 is 9.13 Å². The van der Waals surface area contributed by atoms with E-state index in [0.29, 0.717) is 33.7 Å². The van der Waals surface area contributed by atoms with Gasteiger partial charge in [0.15, 0.2) is 5.17 Å². The van der Waals surface area contributed by atoms with Crippen LogP contribution in [0.1, 0.15) is 11.1 Å². The summed E-state index contributed by atoms with van der Waals surface area (Å²) in [7, 11) is 0. The van der Waals surface area contributed by atoms with Gasteiger partial charge in [-0.3, -0.25) is 0 Å².